The van der Waals surface area contributed by atoms with Gasteiger partial charge in [-0.15, -0.1) is 0 Å². The van der Waals surface area contributed by atoms with E-state index < -0.39 is 0 Å². The van der Waals surface area contributed by atoms with Crippen molar-refractivity contribution in [1.82, 2.24) is 9.97 Å². The van der Waals surface area contributed by atoms with Gasteiger partial charge in [0, 0.05) is 11.8 Å². The molecule has 6 nitrogen and oxygen atoms in total. The van der Waals surface area contributed by atoms with Crippen molar-refractivity contribution in [3.63, 3.8) is 0 Å². The lowest BCUT2D eigenvalue weighted by molar-refractivity contribution is 0.415. The molecule has 2 N–H and O–H groups in total. The maximum atomic E-state index is 6.11. The van der Waals surface area contributed by atoms with Gasteiger partial charge in [-0.1, -0.05) is 11.6 Å². The van der Waals surface area contributed by atoms with Crippen LogP contribution in [0, 0.1) is 0 Å². The third-order valence-corrected chi connectivity index (χ3v) is 3.41. The molecule has 2 heterocycles. The summed E-state index contributed by atoms with van der Waals surface area (Å²) in [4.78, 5) is 8.37. The summed E-state index contributed by atoms with van der Waals surface area (Å²) in [7, 11) is 1.58. The lowest BCUT2D eigenvalue weighted by atomic mass is 10.3. The first kappa shape index (κ1) is 15.2. The minimum Gasteiger partial charge on any atom is -0.495 e. The van der Waals surface area contributed by atoms with Crippen LogP contribution in [-0.4, -0.2) is 17.1 Å². The van der Waals surface area contributed by atoms with Crippen LogP contribution in [0.2, 0.25) is 5.02 Å². The molecule has 7 heteroatoms. The summed E-state index contributed by atoms with van der Waals surface area (Å²) in [5, 5.41) is 6.88. The van der Waals surface area contributed by atoms with Gasteiger partial charge in [0.25, 0.3) is 0 Å². The molecule has 0 aliphatic heterocycles. The van der Waals surface area contributed by atoms with Crippen LogP contribution in [0.25, 0.3) is 0 Å². The molecule has 0 unspecified atom stereocenters. The molecular formula is C16H15ClN4O2. The molecule has 3 rings (SSSR count). The Balaban J connectivity index is 1.68. The van der Waals surface area contributed by atoms with Crippen LogP contribution in [0.1, 0.15) is 5.76 Å². The smallest absolute Gasteiger partial charge is 0.137 e. The summed E-state index contributed by atoms with van der Waals surface area (Å²) in [6.07, 6.45) is 3.12. The zero-order valence-electron chi connectivity index (χ0n) is 12.4. The highest BCUT2D eigenvalue weighted by Gasteiger charge is 2.04. The molecule has 0 bridgehead atoms. The van der Waals surface area contributed by atoms with Gasteiger partial charge in [0.2, 0.25) is 0 Å². The van der Waals surface area contributed by atoms with Crippen LogP contribution in [0.3, 0.4) is 0 Å². The first-order chi connectivity index (χ1) is 11.2. The largest absolute Gasteiger partial charge is 0.495 e. The Morgan fingerprint density at radius 2 is 2.04 bits per heavy atom. The van der Waals surface area contributed by atoms with E-state index >= 15 is 0 Å². The van der Waals surface area contributed by atoms with Gasteiger partial charge < -0.3 is 19.8 Å². The molecule has 0 amide bonds. The van der Waals surface area contributed by atoms with Gasteiger partial charge in [0.1, 0.15) is 29.5 Å². The number of nitrogens with one attached hydrogen (secondary N) is 2. The molecule has 0 radical (unpaired) electrons. The van der Waals surface area contributed by atoms with Gasteiger partial charge >= 0.3 is 0 Å². The molecule has 0 spiro atoms. The van der Waals surface area contributed by atoms with Gasteiger partial charge in [0.15, 0.2) is 0 Å². The van der Waals surface area contributed by atoms with Gasteiger partial charge in [-0.2, -0.15) is 0 Å². The van der Waals surface area contributed by atoms with Crippen LogP contribution in [0.4, 0.5) is 17.3 Å². The second-order valence-corrected chi connectivity index (χ2v) is 5.10. The lowest BCUT2D eigenvalue weighted by Crippen LogP contribution is -2.02. The summed E-state index contributed by atoms with van der Waals surface area (Å²) in [6.45, 7) is 0.553. The van der Waals surface area contributed by atoms with Crippen LogP contribution in [-0.2, 0) is 6.54 Å². The maximum Gasteiger partial charge on any atom is 0.137 e. The van der Waals surface area contributed by atoms with Crippen molar-refractivity contribution in [3.8, 4) is 5.75 Å². The quantitative estimate of drug-likeness (QED) is 0.709. The monoisotopic (exact) mass is 330 g/mol. The highest BCUT2D eigenvalue weighted by atomic mass is 35.5. The second kappa shape index (κ2) is 7.02. The number of furan rings is 1. The van der Waals surface area contributed by atoms with Crippen molar-refractivity contribution in [2.75, 3.05) is 17.7 Å². The van der Waals surface area contributed by atoms with E-state index in [9.17, 15) is 0 Å². The van der Waals surface area contributed by atoms with Gasteiger partial charge in [-0.05, 0) is 30.3 Å². The van der Waals surface area contributed by atoms with Crippen molar-refractivity contribution < 1.29 is 9.15 Å². The van der Waals surface area contributed by atoms with Gasteiger partial charge in [0.05, 0.1) is 24.9 Å². The molecule has 1 aromatic carbocycles. The number of hydrogen-bond acceptors (Lipinski definition) is 6. The van der Waals surface area contributed by atoms with Gasteiger partial charge in [-0.3, -0.25) is 0 Å². The van der Waals surface area contributed by atoms with E-state index in [1.165, 1.54) is 6.33 Å². The number of methoxy groups -OCH3 is 1. The number of aromatic nitrogens is 2. The third-order valence-electron chi connectivity index (χ3n) is 3.12. The molecule has 2 aromatic heterocycles. The lowest BCUT2D eigenvalue weighted by Gasteiger charge is -2.09. The Bertz CT molecular complexity index is 778. The molecule has 0 aliphatic rings. The van der Waals surface area contributed by atoms with Crippen molar-refractivity contribution in [3.05, 3.63) is 59.8 Å². The second-order valence-electron chi connectivity index (χ2n) is 4.70. The Hall–Kier alpha value is -2.73. The highest BCUT2D eigenvalue weighted by Crippen LogP contribution is 2.28. The van der Waals surface area contributed by atoms with Crippen molar-refractivity contribution >= 4 is 28.9 Å². The van der Waals surface area contributed by atoms with Crippen molar-refractivity contribution in [2.24, 2.45) is 0 Å². The topological polar surface area (TPSA) is 72.2 Å². The fraction of sp³-hybridized carbons (Fsp3) is 0.125. The van der Waals surface area contributed by atoms with Crippen LogP contribution in [0.5, 0.6) is 5.75 Å². The summed E-state index contributed by atoms with van der Waals surface area (Å²) in [5.74, 6) is 2.81. The number of nitrogens with zero attached hydrogens (tertiary/aromatic N) is 2. The molecule has 0 saturated carbocycles. The predicted molar refractivity (Wildman–Crippen MR) is 89.4 cm³/mol. The SMILES string of the molecule is COc1ccc(Nc2cc(NCc3ccco3)ncn2)cc1Cl. The van der Waals surface area contributed by atoms with Crippen LogP contribution in [0.15, 0.2) is 53.4 Å². The van der Waals surface area contributed by atoms with E-state index in [1.54, 1.807) is 31.6 Å². The molecule has 0 fully saturated rings. The fourth-order valence-electron chi connectivity index (χ4n) is 2.01. The summed E-state index contributed by atoms with van der Waals surface area (Å²) in [6, 6.07) is 11.0. The Kier molecular flexibility index (Phi) is 4.63. The number of halogens is 1. The molecule has 0 saturated heterocycles. The maximum absolute atomic E-state index is 6.11. The average molecular weight is 331 g/mol. The number of ether oxygens (including phenoxy) is 1. The molecule has 0 atom stereocenters. The zero-order valence-corrected chi connectivity index (χ0v) is 13.2. The minimum absolute atomic E-state index is 0.530. The van der Waals surface area contributed by atoms with Crippen molar-refractivity contribution in [2.45, 2.75) is 6.54 Å². The van der Waals surface area contributed by atoms with E-state index in [-0.39, 0.29) is 0 Å². The van der Waals surface area contributed by atoms with E-state index in [4.69, 9.17) is 20.8 Å². The fourth-order valence-corrected chi connectivity index (χ4v) is 2.26. The summed E-state index contributed by atoms with van der Waals surface area (Å²) < 4.78 is 10.4. The van der Waals surface area contributed by atoms with Gasteiger partial charge in [-0.25, -0.2) is 9.97 Å². The van der Waals surface area contributed by atoms with Crippen LogP contribution < -0.4 is 15.4 Å². The normalized spacial score (nSPS) is 10.3. The predicted octanol–water partition coefficient (Wildman–Crippen LogP) is 4.09. The number of hydrogen-bond donors (Lipinski definition) is 2. The standard InChI is InChI=1S/C16H15ClN4O2/c1-22-14-5-4-11(7-13(14)17)21-16-8-15(19-10-20-16)18-9-12-3-2-6-23-12/h2-8,10H,9H2,1H3,(H2,18,19,20,21). The highest BCUT2D eigenvalue weighted by molar-refractivity contribution is 6.32. The molecule has 3 aromatic rings. The van der Waals surface area contributed by atoms with E-state index in [0.717, 1.165) is 11.4 Å². The Morgan fingerprint density at radius 3 is 2.78 bits per heavy atom. The van der Waals surface area contributed by atoms with E-state index in [0.29, 0.717) is 29.0 Å². The van der Waals surface area contributed by atoms with Crippen molar-refractivity contribution in [1.29, 1.82) is 0 Å². The molecule has 23 heavy (non-hydrogen) atoms. The first-order valence-electron chi connectivity index (χ1n) is 6.93. The Labute approximate surface area is 138 Å². The number of rotatable bonds is 6. The average Bonchev–Trinajstić information content (AvgIpc) is 3.07. The number of anilines is 3. The summed E-state index contributed by atoms with van der Waals surface area (Å²) in [5.41, 5.74) is 0.812. The summed E-state index contributed by atoms with van der Waals surface area (Å²) >= 11 is 6.11. The third kappa shape index (κ3) is 3.92. The molecular weight excluding hydrogens is 316 g/mol. The first-order valence-corrected chi connectivity index (χ1v) is 7.31. The minimum atomic E-state index is 0.530. The molecule has 118 valence electrons. The van der Waals surface area contributed by atoms with E-state index in [1.807, 2.05) is 18.2 Å². The van der Waals surface area contributed by atoms with Crippen LogP contribution >= 0.6 is 11.6 Å². The zero-order chi connectivity index (χ0) is 16.1. The Morgan fingerprint density at radius 1 is 1.17 bits per heavy atom. The molecule has 0 aliphatic carbocycles. The van der Waals surface area contributed by atoms with E-state index in [2.05, 4.69) is 20.6 Å². The number of benzene rings is 1.